The molecule has 31 heavy (non-hydrogen) atoms. The van der Waals surface area contributed by atoms with Gasteiger partial charge in [0.25, 0.3) is 11.8 Å². The molecule has 2 heterocycles. The molecule has 1 aromatic heterocycles. The highest BCUT2D eigenvalue weighted by atomic mass is 32.1. The summed E-state index contributed by atoms with van der Waals surface area (Å²) < 4.78 is 0. The summed E-state index contributed by atoms with van der Waals surface area (Å²) in [5.41, 5.74) is 3.95. The quantitative estimate of drug-likeness (QED) is 0.577. The van der Waals surface area contributed by atoms with Gasteiger partial charge in [0.15, 0.2) is 0 Å². The normalized spacial score (nSPS) is 18.8. The van der Waals surface area contributed by atoms with Gasteiger partial charge in [0.05, 0.1) is 12.6 Å². The number of thiophene rings is 1. The predicted octanol–water partition coefficient (Wildman–Crippen LogP) is 3.28. The fraction of sp³-hybridized carbons (Fsp3) is 0.435. The van der Waals surface area contributed by atoms with Gasteiger partial charge in [0.1, 0.15) is 5.54 Å². The number of imide groups is 1. The number of carbonyl (C=O) groups excluding carboxylic acids is 3. The molecule has 1 spiro atoms. The highest BCUT2D eigenvalue weighted by Gasteiger charge is 2.52. The van der Waals surface area contributed by atoms with Crippen LogP contribution in [0.25, 0.3) is 0 Å². The summed E-state index contributed by atoms with van der Waals surface area (Å²) in [5.74, 6) is -0.779. The molecule has 0 bridgehead atoms. The predicted molar refractivity (Wildman–Crippen MR) is 119 cm³/mol. The smallest absolute Gasteiger partial charge is 0.322 e. The molecule has 8 heteroatoms. The lowest BCUT2D eigenvalue weighted by atomic mass is 9.82. The molecular formula is C23H28N4O3S. The standard InChI is InChI=1S/C23H28N4O3S/c1-2-16-8-10-17(11-9-16)20(18-7-6-14-31-18)24-15-19(28)26-27-21(29)23(25-22(27)30)12-4-3-5-13-23/h6-11,14,20,24H,2-5,12-13,15H2,1H3,(H,25,30)(H,26,28)/t20-/m1/s1. The van der Waals surface area contributed by atoms with Gasteiger partial charge in [-0.2, -0.15) is 5.01 Å². The van der Waals surface area contributed by atoms with Crippen LogP contribution in [0.2, 0.25) is 0 Å². The van der Waals surface area contributed by atoms with E-state index in [2.05, 4.69) is 47.2 Å². The number of hydrazine groups is 1. The van der Waals surface area contributed by atoms with Crippen LogP contribution in [-0.2, 0) is 16.0 Å². The molecule has 0 radical (unpaired) electrons. The maximum absolute atomic E-state index is 12.8. The molecule has 7 nitrogen and oxygen atoms in total. The fourth-order valence-corrected chi connectivity index (χ4v) is 5.19. The molecule has 3 N–H and O–H groups in total. The van der Waals surface area contributed by atoms with Gasteiger partial charge in [-0.25, -0.2) is 4.79 Å². The first-order valence-electron chi connectivity index (χ1n) is 10.8. The maximum Gasteiger partial charge on any atom is 0.344 e. The van der Waals surface area contributed by atoms with E-state index >= 15 is 0 Å². The third-order valence-electron chi connectivity index (χ3n) is 6.12. The number of nitrogens with one attached hydrogen (secondary N) is 3. The molecule has 4 rings (SSSR count). The first-order valence-corrected chi connectivity index (χ1v) is 11.7. The number of aryl methyl sites for hydroxylation is 1. The fourth-order valence-electron chi connectivity index (χ4n) is 4.36. The Balaban J connectivity index is 1.41. The second-order valence-corrected chi connectivity index (χ2v) is 9.15. The highest BCUT2D eigenvalue weighted by molar-refractivity contribution is 7.10. The molecule has 0 unspecified atom stereocenters. The Morgan fingerprint density at radius 1 is 1.16 bits per heavy atom. The third-order valence-corrected chi connectivity index (χ3v) is 7.06. The topological polar surface area (TPSA) is 90.5 Å². The number of rotatable bonds is 7. The monoisotopic (exact) mass is 440 g/mol. The van der Waals surface area contributed by atoms with E-state index in [1.807, 2.05) is 17.5 Å². The molecule has 2 aliphatic rings. The maximum atomic E-state index is 12.8. The summed E-state index contributed by atoms with van der Waals surface area (Å²) in [7, 11) is 0. The average Bonchev–Trinajstić information content (AvgIpc) is 3.39. The minimum absolute atomic E-state index is 0.0256. The Hall–Kier alpha value is -2.71. The Kier molecular flexibility index (Phi) is 6.38. The van der Waals surface area contributed by atoms with Crippen LogP contribution in [-0.4, -0.2) is 34.9 Å². The third kappa shape index (κ3) is 4.50. The van der Waals surface area contributed by atoms with E-state index < -0.39 is 17.5 Å². The molecular weight excluding hydrogens is 412 g/mol. The molecule has 1 saturated heterocycles. The van der Waals surface area contributed by atoms with Crippen molar-refractivity contribution in [1.82, 2.24) is 21.1 Å². The number of carbonyl (C=O) groups is 3. The van der Waals surface area contributed by atoms with Crippen molar-refractivity contribution in [2.75, 3.05) is 6.54 Å². The molecule has 1 atom stereocenters. The van der Waals surface area contributed by atoms with Gasteiger partial charge in [-0.3, -0.25) is 20.3 Å². The van der Waals surface area contributed by atoms with E-state index in [1.54, 1.807) is 11.3 Å². The zero-order chi connectivity index (χ0) is 21.8. The van der Waals surface area contributed by atoms with Gasteiger partial charge in [-0.1, -0.05) is 56.5 Å². The van der Waals surface area contributed by atoms with Crippen LogP contribution in [0.4, 0.5) is 4.79 Å². The lowest BCUT2D eigenvalue weighted by Crippen LogP contribution is -2.52. The number of urea groups is 1. The van der Waals surface area contributed by atoms with Crippen molar-refractivity contribution in [2.45, 2.75) is 57.0 Å². The second kappa shape index (κ2) is 9.20. The van der Waals surface area contributed by atoms with E-state index in [0.29, 0.717) is 12.8 Å². The van der Waals surface area contributed by atoms with Crippen LogP contribution in [0.3, 0.4) is 0 Å². The minimum Gasteiger partial charge on any atom is -0.322 e. The Labute approximate surface area is 186 Å². The molecule has 1 saturated carbocycles. The van der Waals surface area contributed by atoms with Gasteiger partial charge in [0.2, 0.25) is 0 Å². The number of benzene rings is 1. The molecule has 4 amide bonds. The largest absolute Gasteiger partial charge is 0.344 e. The highest BCUT2D eigenvalue weighted by Crippen LogP contribution is 2.33. The van der Waals surface area contributed by atoms with Crippen LogP contribution < -0.4 is 16.1 Å². The van der Waals surface area contributed by atoms with E-state index in [-0.39, 0.29) is 18.5 Å². The SMILES string of the molecule is CCc1ccc([C@@H](NCC(=O)NN2C(=O)NC3(CCCCC3)C2=O)c2cccs2)cc1. The Morgan fingerprint density at radius 3 is 2.55 bits per heavy atom. The summed E-state index contributed by atoms with van der Waals surface area (Å²) in [5, 5.41) is 8.94. The van der Waals surface area contributed by atoms with E-state index in [0.717, 1.165) is 41.1 Å². The summed E-state index contributed by atoms with van der Waals surface area (Å²) in [6, 6.07) is 11.6. The average molecular weight is 441 g/mol. The second-order valence-electron chi connectivity index (χ2n) is 8.17. The van der Waals surface area contributed by atoms with Gasteiger partial charge >= 0.3 is 6.03 Å². The van der Waals surface area contributed by atoms with Crippen LogP contribution in [0.15, 0.2) is 41.8 Å². The van der Waals surface area contributed by atoms with E-state index in [9.17, 15) is 14.4 Å². The van der Waals surface area contributed by atoms with Gasteiger partial charge < -0.3 is 5.32 Å². The summed E-state index contributed by atoms with van der Waals surface area (Å²) in [6.07, 6.45) is 5.06. The minimum atomic E-state index is -0.851. The van der Waals surface area contributed by atoms with Crippen molar-refractivity contribution in [3.8, 4) is 0 Å². The zero-order valence-corrected chi connectivity index (χ0v) is 18.5. The van der Waals surface area contributed by atoms with Crippen LogP contribution in [0.5, 0.6) is 0 Å². The van der Waals surface area contributed by atoms with E-state index in [1.165, 1.54) is 5.56 Å². The van der Waals surface area contributed by atoms with Crippen molar-refractivity contribution in [3.63, 3.8) is 0 Å². The van der Waals surface area contributed by atoms with Crippen molar-refractivity contribution < 1.29 is 14.4 Å². The lowest BCUT2D eigenvalue weighted by molar-refractivity contribution is -0.139. The van der Waals surface area contributed by atoms with Crippen molar-refractivity contribution in [3.05, 3.63) is 57.8 Å². The number of hydrogen-bond donors (Lipinski definition) is 3. The molecule has 2 fully saturated rings. The molecule has 164 valence electrons. The first-order chi connectivity index (χ1) is 15.0. The Morgan fingerprint density at radius 2 is 1.90 bits per heavy atom. The summed E-state index contributed by atoms with van der Waals surface area (Å²) >= 11 is 1.61. The molecule has 1 aromatic carbocycles. The van der Waals surface area contributed by atoms with Crippen LogP contribution >= 0.6 is 11.3 Å². The zero-order valence-electron chi connectivity index (χ0n) is 17.6. The lowest BCUT2D eigenvalue weighted by Gasteiger charge is -2.30. The molecule has 1 aliphatic carbocycles. The van der Waals surface area contributed by atoms with Crippen LogP contribution in [0.1, 0.15) is 61.1 Å². The van der Waals surface area contributed by atoms with Crippen molar-refractivity contribution >= 4 is 29.2 Å². The molecule has 1 aliphatic heterocycles. The molecule has 2 aromatic rings. The van der Waals surface area contributed by atoms with Crippen molar-refractivity contribution in [2.24, 2.45) is 0 Å². The number of nitrogens with zero attached hydrogens (tertiary/aromatic N) is 1. The number of hydrogen-bond acceptors (Lipinski definition) is 5. The van der Waals surface area contributed by atoms with Gasteiger partial charge in [-0.05, 0) is 41.8 Å². The van der Waals surface area contributed by atoms with E-state index in [4.69, 9.17) is 0 Å². The first kappa shape index (κ1) is 21.5. The number of amides is 4. The van der Waals surface area contributed by atoms with Crippen LogP contribution in [0, 0.1) is 0 Å². The Bertz CT molecular complexity index is 936. The van der Waals surface area contributed by atoms with Gasteiger partial charge in [0, 0.05) is 4.88 Å². The van der Waals surface area contributed by atoms with Gasteiger partial charge in [-0.15, -0.1) is 11.3 Å². The summed E-state index contributed by atoms with van der Waals surface area (Å²) in [4.78, 5) is 38.9. The summed E-state index contributed by atoms with van der Waals surface area (Å²) in [6.45, 7) is 2.09. The van der Waals surface area contributed by atoms with Crippen molar-refractivity contribution in [1.29, 1.82) is 0 Å².